The van der Waals surface area contributed by atoms with E-state index in [1.165, 1.54) is 13.2 Å². The first-order valence-electron chi connectivity index (χ1n) is 7.05. The highest BCUT2D eigenvalue weighted by Gasteiger charge is 2.18. The van der Waals surface area contributed by atoms with Crippen molar-refractivity contribution in [2.75, 3.05) is 18.2 Å². The van der Waals surface area contributed by atoms with E-state index in [9.17, 15) is 4.39 Å². The van der Waals surface area contributed by atoms with Gasteiger partial charge in [-0.25, -0.2) is 4.39 Å². The lowest BCUT2D eigenvalue weighted by Crippen LogP contribution is -2.13. The van der Waals surface area contributed by atoms with Crippen LogP contribution in [0.3, 0.4) is 0 Å². The molecule has 0 aliphatic rings. The lowest BCUT2D eigenvalue weighted by atomic mass is 10.1. The molecule has 0 saturated heterocycles. The van der Waals surface area contributed by atoms with Gasteiger partial charge in [0.15, 0.2) is 5.65 Å². The SMILES string of the molecule is COc1cccc(F)c1[C@H](C)Nc1nc(N)c2cnn(C)c2n1. The highest BCUT2D eigenvalue weighted by atomic mass is 19.1. The molecular formula is C15H17FN6O. The first-order valence-corrected chi connectivity index (χ1v) is 7.05. The first kappa shape index (κ1) is 15.0. The molecule has 0 amide bonds. The number of nitrogens with two attached hydrogens (primary N) is 1. The quantitative estimate of drug-likeness (QED) is 0.767. The van der Waals surface area contributed by atoms with E-state index in [4.69, 9.17) is 10.5 Å². The molecule has 23 heavy (non-hydrogen) atoms. The van der Waals surface area contributed by atoms with Crippen LogP contribution < -0.4 is 15.8 Å². The van der Waals surface area contributed by atoms with Crippen molar-refractivity contribution in [2.24, 2.45) is 7.05 Å². The number of hydrogen-bond donors (Lipinski definition) is 2. The molecule has 120 valence electrons. The zero-order valence-corrected chi connectivity index (χ0v) is 13.0. The number of anilines is 2. The third-order valence-corrected chi connectivity index (χ3v) is 3.63. The van der Waals surface area contributed by atoms with Crippen molar-refractivity contribution in [1.29, 1.82) is 0 Å². The van der Waals surface area contributed by atoms with Gasteiger partial charge in [-0.05, 0) is 19.1 Å². The Kier molecular flexibility index (Phi) is 3.73. The standard InChI is InChI=1S/C15H17FN6O/c1-8(12-10(16)5-4-6-11(12)23-3)19-15-20-13(17)9-7-18-22(2)14(9)21-15/h4-8H,1-3H3,(H3,17,19,20,21)/t8-/m0/s1. The van der Waals surface area contributed by atoms with Gasteiger partial charge in [0, 0.05) is 7.05 Å². The van der Waals surface area contributed by atoms with Gasteiger partial charge in [-0.1, -0.05) is 6.07 Å². The number of aryl methyl sites for hydroxylation is 1. The van der Waals surface area contributed by atoms with E-state index < -0.39 is 6.04 Å². The second-order valence-corrected chi connectivity index (χ2v) is 5.16. The molecule has 3 rings (SSSR count). The Morgan fingerprint density at radius 1 is 1.35 bits per heavy atom. The fourth-order valence-electron chi connectivity index (χ4n) is 2.49. The molecule has 3 aromatic rings. The van der Waals surface area contributed by atoms with Crippen molar-refractivity contribution in [3.63, 3.8) is 0 Å². The van der Waals surface area contributed by atoms with Gasteiger partial charge in [0.2, 0.25) is 5.95 Å². The molecule has 2 aromatic heterocycles. The van der Waals surface area contributed by atoms with Crippen molar-refractivity contribution in [3.05, 3.63) is 35.8 Å². The summed E-state index contributed by atoms with van der Waals surface area (Å²) in [6, 6.07) is 4.28. The molecule has 3 N–H and O–H groups in total. The van der Waals surface area contributed by atoms with Crippen molar-refractivity contribution in [1.82, 2.24) is 19.7 Å². The normalized spacial score (nSPS) is 12.3. The number of hydrogen-bond acceptors (Lipinski definition) is 6. The van der Waals surface area contributed by atoms with Crippen LogP contribution in [0.2, 0.25) is 0 Å². The largest absolute Gasteiger partial charge is 0.496 e. The highest BCUT2D eigenvalue weighted by molar-refractivity contribution is 5.86. The number of nitrogen functional groups attached to an aromatic ring is 1. The van der Waals surface area contributed by atoms with Crippen LogP contribution in [-0.2, 0) is 7.05 Å². The molecule has 0 radical (unpaired) electrons. The minimum absolute atomic E-state index is 0.302. The first-order chi connectivity index (χ1) is 11.0. The molecule has 7 nitrogen and oxygen atoms in total. The summed E-state index contributed by atoms with van der Waals surface area (Å²) in [5.74, 6) is 0.716. The molecule has 0 bridgehead atoms. The summed E-state index contributed by atoms with van der Waals surface area (Å²) in [5, 5.41) is 7.84. The Labute approximate surface area is 132 Å². The van der Waals surface area contributed by atoms with Crippen molar-refractivity contribution < 1.29 is 9.13 Å². The molecule has 8 heteroatoms. The van der Waals surface area contributed by atoms with Gasteiger partial charge in [-0.2, -0.15) is 15.1 Å². The van der Waals surface area contributed by atoms with E-state index in [-0.39, 0.29) is 5.82 Å². The number of aromatic nitrogens is 4. The summed E-state index contributed by atoms with van der Waals surface area (Å²) in [6.45, 7) is 1.80. The summed E-state index contributed by atoms with van der Waals surface area (Å²) in [6.07, 6.45) is 1.61. The van der Waals surface area contributed by atoms with Crippen LogP contribution in [0.25, 0.3) is 11.0 Å². The van der Waals surface area contributed by atoms with Crippen LogP contribution in [0.4, 0.5) is 16.2 Å². The van der Waals surface area contributed by atoms with Gasteiger partial charge in [-0.15, -0.1) is 0 Å². The Morgan fingerprint density at radius 3 is 2.87 bits per heavy atom. The number of methoxy groups -OCH3 is 1. The van der Waals surface area contributed by atoms with E-state index in [2.05, 4.69) is 20.4 Å². The maximum absolute atomic E-state index is 14.1. The molecule has 0 fully saturated rings. The predicted octanol–water partition coefficient (Wildman–Crippen LogP) is 2.27. The number of ether oxygens (including phenoxy) is 1. The van der Waals surface area contributed by atoms with Crippen LogP contribution in [-0.4, -0.2) is 26.9 Å². The van der Waals surface area contributed by atoms with Crippen LogP contribution in [0, 0.1) is 5.82 Å². The topological polar surface area (TPSA) is 90.9 Å². The fourth-order valence-corrected chi connectivity index (χ4v) is 2.49. The monoisotopic (exact) mass is 316 g/mol. The minimum Gasteiger partial charge on any atom is -0.496 e. The van der Waals surface area contributed by atoms with E-state index in [1.807, 2.05) is 0 Å². The molecule has 2 heterocycles. The van der Waals surface area contributed by atoms with Crippen LogP contribution >= 0.6 is 0 Å². The molecule has 0 saturated carbocycles. The van der Waals surface area contributed by atoms with Crippen LogP contribution in [0.1, 0.15) is 18.5 Å². The second-order valence-electron chi connectivity index (χ2n) is 5.16. The summed E-state index contributed by atoms with van der Waals surface area (Å²) in [4.78, 5) is 8.59. The van der Waals surface area contributed by atoms with E-state index >= 15 is 0 Å². The summed E-state index contributed by atoms with van der Waals surface area (Å²) in [7, 11) is 3.27. The van der Waals surface area contributed by atoms with Gasteiger partial charge in [0.25, 0.3) is 0 Å². The second kappa shape index (κ2) is 5.71. The Balaban J connectivity index is 1.97. The smallest absolute Gasteiger partial charge is 0.227 e. The van der Waals surface area contributed by atoms with Gasteiger partial charge >= 0.3 is 0 Å². The zero-order valence-electron chi connectivity index (χ0n) is 13.0. The zero-order chi connectivity index (χ0) is 16.6. The number of halogens is 1. The summed E-state index contributed by atoms with van der Waals surface area (Å²) >= 11 is 0. The molecule has 0 aliphatic carbocycles. The molecule has 0 spiro atoms. The maximum Gasteiger partial charge on any atom is 0.227 e. The Morgan fingerprint density at radius 2 is 2.13 bits per heavy atom. The third-order valence-electron chi connectivity index (χ3n) is 3.63. The fraction of sp³-hybridized carbons (Fsp3) is 0.267. The number of benzene rings is 1. The van der Waals surface area contributed by atoms with E-state index in [1.54, 1.807) is 37.0 Å². The summed E-state index contributed by atoms with van der Waals surface area (Å²) in [5.41, 5.74) is 6.94. The maximum atomic E-state index is 14.1. The van der Waals surface area contributed by atoms with E-state index in [0.717, 1.165) is 0 Å². The van der Waals surface area contributed by atoms with Crippen molar-refractivity contribution in [3.8, 4) is 5.75 Å². The van der Waals surface area contributed by atoms with Crippen molar-refractivity contribution >= 4 is 22.8 Å². The predicted molar refractivity (Wildman–Crippen MR) is 85.7 cm³/mol. The Bertz CT molecular complexity index is 863. The number of nitrogens with one attached hydrogen (secondary N) is 1. The minimum atomic E-state index is -0.406. The molecule has 1 atom stereocenters. The van der Waals surface area contributed by atoms with Crippen molar-refractivity contribution in [2.45, 2.75) is 13.0 Å². The van der Waals surface area contributed by atoms with Gasteiger partial charge in [-0.3, -0.25) is 4.68 Å². The number of nitrogens with zero attached hydrogens (tertiary/aromatic N) is 4. The molecule has 1 aromatic carbocycles. The highest BCUT2D eigenvalue weighted by Crippen LogP contribution is 2.30. The Hall–Kier alpha value is -2.90. The van der Waals surface area contributed by atoms with Crippen LogP contribution in [0.15, 0.2) is 24.4 Å². The molecular weight excluding hydrogens is 299 g/mol. The number of rotatable bonds is 4. The van der Waals surface area contributed by atoms with E-state index in [0.29, 0.717) is 34.1 Å². The van der Waals surface area contributed by atoms with Gasteiger partial charge < -0.3 is 15.8 Å². The number of fused-ring (bicyclic) bond motifs is 1. The van der Waals surface area contributed by atoms with Gasteiger partial charge in [0.05, 0.1) is 30.3 Å². The third kappa shape index (κ3) is 2.63. The molecule has 0 unspecified atom stereocenters. The molecule has 0 aliphatic heterocycles. The lowest BCUT2D eigenvalue weighted by molar-refractivity contribution is 0.402. The average molecular weight is 316 g/mol. The average Bonchev–Trinajstić information content (AvgIpc) is 2.88. The van der Waals surface area contributed by atoms with Crippen LogP contribution in [0.5, 0.6) is 5.75 Å². The lowest BCUT2D eigenvalue weighted by Gasteiger charge is -2.18. The van der Waals surface area contributed by atoms with Gasteiger partial charge in [0.1, 0.15) is 17.4 Å². The summed E-state index contributed by atoms with van der Waals surface area (Å²) < 4.78 is 21.0.